The van der Waals surface area contributed by atoms with Gasteiger partial charge in [0.25, 0.3) is 0 Å². The second-order valence-corrected chi connectivity index (χ2v) is 9.73. The number of hydrogen-bond donors (Lipinski definition) is 1. The molecule has 0 bridgehead atoms. The first kappa shape index (κ1) is 24.9. The lowest BCUT2D eigenvalue weighted by Crippen LogP contribution is -2.28. The summed E-state index contributed by atoms with van der Waals surface area (Å²) in [6.07, 6.45) is -1.01. The smallest absolute Gasteiger partial charge is 0.326 e. The van der Waals surface area contributed by atoms with Gasteiger partial charge in [-0.05, 0) is 55.5 Å². The fourth-order valence-electron chi connectivity index (χ4n) is 3.94. The van der Waals surface area contributed by atoms with Crippen LogP contribution in [-0.4, -0.2) is 28.3 Å². The van der Waals surface area contributed by atoms with Crippen molar-refractivity contribution in [2.45, 2.75) is 40.3 Å². The predicted molar refractivity (Wildman–Crippen MR) is 140 cm³/mol. The van der Waals surface area contributed by atoms with Crippen LogP contribution in [0.2, 0.25) is 0 Å². The molecule has 7 nitrogen and oxygen atoms in total. The first-order valence-electron chi connectivity index (χ1n) is 11.7. The van der Waals surface area contributed by atoms with Crippen LogP contribution < -0.4 is 10.7 Å². The number of nitrogens with zero attached hydrogens (tertiary/aromatic N) is 1. The van der Waals surface area contributed by atoms with Crippen LogP contribution in [0.25, 0.3) is 21.8 Å². The summed E-state index contributed by atoms with van der Waals surface area (Å²) in [5.74, 6) is -1.08. The second kappa shape index (κ2) is 9.77. The van der Waals surface area contributed by atoms with Crippen molar-refractivity contribution >= 4 is 45.2 Å². The van der Waals surface area contributed by atoms with Crippen molar-refractivity contribution in [1.82, 2.24) is 4.57 Å². The van der Waals surface area contributed by atoms with Gasteiger partial charge in [-0.2, -0.15) is 0 Å². The van der Waals surface area contributed by atoms with E-state index in [0.717, 1.165) is 0 Å². The molecule has 1 amide bonds. The number of carbonyl (C=O) groups excluding carboxylic acids is 3. The quantitative estimate of drug-likeness (QED) is 0.237. The van der Waals surface area contributed by atoms with E-state index in [4.69, 9.17) is 4.74 Å². The van der Waals surface area contributed by atoms with Gasteiger partial charge in [0.2, 0.25) is 11.7 Å². The Kier molecular flexibility index (Phi) is 6.75. The molecule has 0 aliphatic heterocycles. The van der Waals surface area contributed by atoms with Gasteiger partial charge in [-0.15, -0.1) is 0 Å². The third-order valence-electron chi connectivity index (χ3n) is 5.95. The van der Waals surface area contributed by atoms with Gasteiger partial charge in [0.15, 0.2) is 11.5 Å². The maximum atomic E-state index is 12.9. The van der Waals surface area contributed by atoms with Gasteiger partial charge in [-0.3, -0.25) is 19.2 Å². The number of nitrogens with one attached hydrogen (secondary N) is 1. The number of Topliss-reactive ketones (excluding diaryl/α,β-unsaturated/α-hetero) is 1. The highest BCUT2D eigenvalue weighted by atomic mass is 16.5. The van der Waals surface area contributed by atoms with Crippen LogP contribution >= 0.6 is 0 Å². The normalized spacial score (nSPS) is 12.3. The molecule has 1 N–H and O–H groups in total. The maximum Gasteiger partial charge on any atom is 0.326 e. The SMILES string of the molecule is C[C@H](OC(=O)Cn1c2ccccc2c(=O)c2ccccc21)C(=O)c1ccc(NC(=O)C(C)(C)C)cc1. The number of para-hydroxylation sites is 2. The molecule has 0 aliphatic carbocycles. The summed E-state index contributed by atoms with van der Waals surface area (Å²) >= 11 is 0. The third-order valence-corrected chi connectivity index (χ3v) is 5.95. The molecular formula is C29H28N2O5. The summed E-state index contributed by atoms with van der Waals surface area (Å²) in [4.78, 5) is 50.8. The monoisotopic (exact) mass is 484 g/mol. The summed E-state index contributed by atoms with van der Waals surface area (Å²) in [6.45, 7) is 6.81. The topological polar surface area (TPSA) is 94.5 Å². The lowest BCUT2D eigenvalue weighted by Gasteiger charge is -2.18. The van der Waals surface area contributed by atoms with Crippen molar-refractivity contribution < 1.29 is 19.1 Å². The average Bonchev–Trinajstić information content (AvgIpc) is 2.86. The minimum atomic E-state index is -1.01. The van der Waals surface area contributed by atoms with Gasteiger partial charge in [0.1, 0.15) is 6.54 Å². The number of hydrogen-bond acceptors (Lipinski definition) is 5. The number of carbonyl (C=O) groups is 3. The van der Waals surface area contributed by atoms with Crippen molar-refractivity contribution in [3.05, 3.63) is 88.6 Å². The highest BCUT2D eigenvalue weighted by Gasteiger charge is 2.23. The van der Waals surface area contributed by atoms with Crippen LogP contribution in [0.4, 0.5) is 5.69 Å². The zero-order valence-electron chi connectivity index (χ0n) is 20.7. The predicted octanol–water partition coefficient (Wildman–Crippen LogP) is 4.95. The molecule has 1 heterocycles. The van der Waals surface area contributed by atoms with E-state index in [-0.39, 0.29) is 23.7 Å². The molecule has 0 aliphatic rings. The lowest BCUT2D eigenvalue weighted by molar-refractivity contribution is -0.146. The lowest BCUT2D eigenvalue weighted by atomic mass is 9.95. The van der Waals surface area contributed by atoms with Gasteiger partial charge in [-0.1, -0.05) is 45.0 Å². The van der Waals surface area contributed by atoms with Crippen LogP contribution in [0.1, 0.15) is 38.1 Å². The largest absolute Gasteiger partial charge is 0.453 e. The molecule has 1 aromatic heterocycles. The van der Waals surface area contributed by atoms with E-state index in [9.17, 15) is 19.2 Å². The zero-order valence-corrected chi connectivity index (χ0v) is 20.7. The first-order chi connectivity index (χ1) is 17.1. The van der Waals surface area contributed by atoms with Gasteiger partial charge < -0.3 is 14.6 Å². The van der Waals surface area contributed by atoms with Gasteiger partial charge in [0.05, 0.1) is 11.0 Å². The summed E-state index contributed by atoms with van der Waals surface area (Å²) in [6, 6.07) is 20.7. The van der Waals surface area contributed by atoms with Crippen molar-refractivity contribution in [3.8, 4) is 0 Å². The molecule has 36 heavy (non-hydrogen) atoms. The number of benzene rings is 3. The number of ether oxygens (including phenoxy) is 1. The fraction of sp³-hybridized carbons (Fsp3) is 0.241. The Hall–Kier alpha value is -4.26. The fourth-order valence-corrected chi connectivity index (χ4v) is 3.94. The Labute approximate surface area is 208 Å². The minimum Gasteiger partial charge on any atom is -0.453 e. The number of amides is 1. The number of pyridine rings is 1. The summed E-state index contributed by atoms with van der Waals surface area (Å²) in [5, 5.41) is 3.82. The number of ketones is 1. The Morgan fingerprint density at radius 3 is 1.92 bits per heavy atom. The molecule has 1 atom stereocenters. The van der Waals surface area contributed by atoms with Gasteiger partial charge in [-0.25, -0.2) is 0 Å². The maximum absolute atomic E-state index is 12.9. The Balaban J connectivity index is 1.51. The molecular weight excluding hydrogens is 456 g/mol. The van der Waals surface area contributed by atoms with E-state index < -0.39 is 17.5 Å². The van der Waals surface area contributed by atoms with E-state index in [1.807, 2.05) is 20.8 Å². The molecule has 0 saturated heterocycles. The zero-order chi connectivity index (χ0) is 26.0. The molecule has 0 saturated carbocycles. The molecule has 0 fully saturated rings. The molecule has 7 heteroatoms. The highest BCUT2D eigenvalue weighted by Crippen LogP contribution is 2.21. The van der Waals surface area contributed by atoms with Gasteiger partial charge in [0, 0.05) is 27.4 Å². The van der Waals surface area contributed by atoms with Crippen LogP contribution in [0.3, 0.4) is 0 Å². The van der Waals surface area contributed by atoms with Crippen LogP contribution in [0.5, 0.6) is 0 Å². The van der Waals surface area contributed by atoms with Crippen LogP contribution in [-0.2, 0) is 20.9 Å². The Morgan fingerprint density at radius 1 is 0.861 bits per heavy atom. The summed E-state index contributed by atoms with van der Waals surface area (Å²) in [5.41, 5.74) is 1.53. The Morgan fingerprint density at radius 2 is 1.39 bits per heavy atom. The number of esters is 1. The number of fused-ring (bicyclic) bond motifs is 2. The summed E-state index contributed by atoms with van der Waals surface area (Å²) < 4.78 is 7.22. The molecule has 0 unspecified atom stereocenters. The van der Waals surface area contributed by atoms with E-state index in [0.29, 0.717) is 33.1 Å². The van der Waals surface area contributed by atoms with Gasteiger partial charge >= 0.3 is 5.97 Å². The second-order valence-electron chi connectivity index (χ2n) is 9.73. The molecule has 4 aromatic rings. The van der Waals surface area contributed by atoms with E-state index >= 15 is 0 Å². The summed E-state index contributed by atoms with van der Waals surface area (Å²) in [7, 11) is 0. The van der Waals surface area contributed by atoms with E-state index in [1.54, 1.807) is 77.4 Å². The number of anilines is 1. The number of rotatable bonds is 6. The molecule has 0 spiro atoms. The molecule has 4 rings (SSSR count). The van der Waals surface area contributed by atoms with Crippen LogP contribution in [0.15, 0.2) is 77.6 Å². The third kappa shape index (κ3) is 5.05. The number of aromatic nitrogens is 1. The minimum absolute atomic E-state index is 0.100. The van der Waals surface area contributed by atoms with E-state index in [1.165, 1.54) is 6.92 Å². The standard InChI is InChI=1S/C29H28N2O5/c1-18(26(33)19-13-15-20(16-14-19)30-28(35)29(2,3)4)36-25(32)17-31-23-11-7-5-9-21(23)27(34)22-10-6-8-12-24(22)31/h5-16,18H,17H2,1-4H3,(H,30,35)/t18-/m0/s1. The average molecular weight is 485 g/mol. The Bertz CT molecular complexity index is 1470. The van der Waals surface area contributed by atoms with E-state index in [2.05, 4.69) is 5.32 Å². The van der Waals surface area contributed by atoms with Crippen molar-refractivity contribution in [1.29, 1.82) is 0 Å². The highest BCUT2D eigenvalue weighted by molar-refractivity contribution is 6.01. The van der Waals surface area contributed by atoms with Crippen molar-refractivity contribution in [2.24, 2.45) is 5.41 Å². The van der Waals surface area contributed by atoms with Crippen molar-refractivity contribution in [2.75, 3.05) is 5.32 Å². The molecule has 3 aromatic carbocycles. The van der Waals surface area contributed by atoms with Crippen molar-refractivity contribution in [3.63, 3.8) is 0 Å². The molecule has 184 valence electrons. The van der Waals surface area contributed by atoms with Crippen LogP contribution in [0, 0.1) is 5.41 Å². The first-order valence-corrected chi connectivity index (χ1v) is 11.7. The molecule has 0 radical (unpaired) electrons.